The number of hydrogen-bond donors (Lipinski definition) is 1. The van der Waals surface area contributed by atoms with Crippen molar-refractivity contribution in [2.45, 2.75) is 5.92 Å². The van der Waals surface area contributed by atoms with Crippen LogP contribution in [0.4, 0.5) is 0 Å². The number of aromatic hydroxyl groups is 1. The van der Waals surface area contributed by atoms with Crippen LogP contribution in [0.1, 0.15) is 17.0 Å². The zero-order valence-corrected chi connectivity index (χ0v) is 8.63. The van der Waals surface area contributed by atoms with Crippen molar-refractivity contribution >= 4 is 6.29 Å². The summed E-state index contributed by atoms with van der Waals surface area (Å²) >= 11 is 0. The fourth-order valence-electron chi connectivity index (χ4n) is 1.64. The normalized spacial score (nSPS) is 12.0. The molecular weight excluding hydrogens is 200 g/mol. The topological polar surface area (TPSA) is 37.3 Å². The van der Waals surface area contributed by atoms with Gasteiger partial charge in [-0.05, 0) is 23.3 Å². The van der Waals surface area contributed by atoms with Crippen LogP contribution >= 0.6 is 0 Å². The lowest BCUT2D eigenvalue weighted by Crippen LogP contribution is -2.01. The van der Waals surface area contributed by atoms with Crippen LogP contribution in [0.25, 0.3) is 0 Å². The number of carbonyl (C=O) groups excluding carboxylic acids is 1. The number of phenols is 1. The Morgan fingerprint density at radius 3 is 2.00 bits per heavy atom. The number of benzene rings is 2. The van der Waals surface area contributed by atoms with Crippen LogP contribution in [0.5, 0.6) is 5.75 Å². The summed E-state index contributed by atoms with van der Waals surface area (Å²) in [5.41, 5.74) is 1.74. The van der Waals surface area contributed by atoms with Gasteiger partial charge in [-0.15, -0.1) is 0 Å². The Morgan fingerprint density at radius 2 is 1.44 bits per heavy atom. The predicted molar refractivity (Wildman–Crippen MR) is 62.1 cm³/mol. The minimum Gasteiger partial charge on any atom is -0.508 e. The molecule has 79 valence electrons. The van der Waals surface area contributed by atoms with E-state index in [1.54, 1.807) is 24.3 Å². The van der Waals surface area contributed by atoms with Gasteiger partial charge in [0.25, 0.3) is 0 Å². The van der Waals surface area contributed by atoms with Crippen molar-refractivity contribution in [1.82, 2.24) is 0 Å². The lowest BCUT2D eigenvalue weighted by atomic mass is 9.93. The Bertz CT molecular complexity index is 460. The van der Waals surface area contributed by atoms with Gasteiger partial charge in [0.2, 0.25) is 6.29 Å². The molecule has 16 heavy (non-hydrogen) atoms. The van der Waals surface area contributed by atoms with Crippen LogP contribution in [-0.4, -0.2) is 11.4 Å². The van der Waals surface area contributed by atoms with E-state index >= 15 is 0 Å². The first kappa shape index (κ1) is 10.4. The van der Waals surface area contributed by atoms with Gasteiger partial charge < -0.3 is 5.11 Å². The fourth-order valence-corrected chi connectivity index (χ4v) is 1.64. The Hall–Kier alpha value is -2.09. The monoisotopic (exact) mass is 211 g/mol. The van der Waals surface area contributed by atoms with Crippen LogP contribution in [0.15, 0.2) is 54.6 Å². The average Bonchev–Trinajstić information content (AvgIpc) is 2.34. The van der Waals surface area contributed by atoms with E-state index in [2.05, 4.69) is 0 Å². The summed E-state index contributed by atoms with van der Waals surface area (Å²) in [6.07, 6.45) is 2.02. The van der Waals surface area contributed by atoms with Crippen molar-refractivity contribution in [3.8, 4) is 5.75 Å². The lowest BCUT2D eigenvalue weighted by molar-refractivity contribution is 0.475. The van der Waals surface area contributed by atoms with Gasteiger partial charge in [-0.3, -0.25) is 4.79 Å². The molecule has 0 spiro atoms. The molecule has 0 aliphatic carbocycles. The van der Waals surface area contributed by atoms with Crippen molar-refractivity contribution < 1.29 is 9.90 Å². The minimum absolute atomic E-state index is 0.196. The van der Waals surface area contributed by atoms with E-state index in [1.807, 2.05) is 36.6 Å². The smallest absolute Gasteiger partial charge is 0.211 e. The quantitative estimate of drug-likeness (QED) is 0.847. The van der Waals surface area contributed by atoms with Crippen molar-refractivity contribution in [2.24, 2.45) is 0 Å². The summed E-state index contributed by atoms with van der Waals surface area (Å²) in [4.78, 5) is 11.0. The molecule has 1 unspecified atom stereocenters. The standard InChI is InChI=1S/C14H11O2/c15-10-14(11-4-2-1-3-5-11)12-6-8-13(16)9-7-12/h1-9,14,16H. The summed E-state index contributed by atoms with van der Waals surface area (Å²) in [5.74, 6) is -0.191. The molecule has 2 rings (SSSR count). The van der Waals surface area contributed by atoms with Gasteiger partial charge in [0.15, 0.2) is 0 Å². The lowest BCUT2D eigenvalue weighted by Gasteiger charge is -2.10. The third-order valence-electron chi connectivity index (χ3n) is 2.48. The van der Waals surface area contributed by atoms with Crippen molar-refractivity contribution in [3.63, 3.8) is 0 Å². The Labute approximate surface area is 94.2 Å². The molecule has 1 radical (unpaired) electrons. The van der Waals surface area contributed by atoms with Gasteiger partial charge in [-0.1, -0.05) is 42.5 Å². The van der Waals surface area contributed by atoms with E-state index < -0.39 is 0 Å². The Balaban J connectivity index is 2.37. The van der Waals surface area contributed by atoms with Crippen LogP contribution < -0.4 is 0 Å². The second-order valence-electron chi connectivity index (χ2n) is 3.55. The highest BCUT2D eigenvalue weighted by molar-refractivity contribution is 5.69. The van der Waals surface area contributed by atoms with Crippen LogP contribution in [0.3, 0.4) is 0 Å². The molecule has 0 aromatic heterocycles. The van der Waals surface area contributed by atoms with Gasteiger partial charge in [0.1, 0.15) is 5.75 Å². The maximum Gasteiger partial charge on any atom is 0.211 e. The molecule has 0 saturated heterocycles. The first-order valence-corrected chi connectivity index (χ1v) is 5.03. The van der Waals surface area contributed by atoms with Crippen LogP contribution in [0, 0.1) is 0 Å². The van der Waals surface area contributed by atoms with Crippen LogP contribution in [0.2, 0.25) is 0 Å². The van der Waals surface area contributed by atoms with E-state index in [0.717, 1.165) is 11.1 Å². The zero-order chi connectivity index (χ0) is 11.4. The van der Waals surface area contributed by atoms with E-state index in [4.69, 9.17) is 0 Å². The van der Waals surface area contributed by atoms with Crippen LogP contribution in [-0.2, 0) is 4.79 Å². The molecule has 2 aromatic carbocycles. The van der Waals surface area contributed by atoms with E-state index in [1.165, 1.54) is 0 Å². The van der Waals surface area contributed by atoms with E-state index in [-0.39, 0.29) is 11.7 Å². The Kier molecular flexibility index (Phi) is 3.01. The number of hydrogen-bond acceptors (Lipinski definition) is 2. The molecule has 2 nitrogen and oxygen atoms in total. The summed E-state index contributed by atoms with van der Waals surface area (Å²) in [6.45, 7) is 0. The first-order chi connectivity index (χ1) is 7.81. The third-order valence-corrected chi connectivity index (χ3v) is 2.48. The minimum atomic E-state index is -0.387. The van der Waals surface area contributed by atoms with Crippen molar-refractivity contribution in [2.75, 3.05) is 0 Å². The largest absolute Gasteiger partial charge is 0.508 e. The second-order valence-corrected chi connectivity index (χ2v) is 3.55. The molecule has 2 heteroatoms. The highest BCUT2D eigenvalue weighted by atomic mass is 16.3. The summed E-state index contributed by atoms with van der Waals surface area (Å²) in [5, 5.41) is 9.18. The molecule has 2 aromatic rings. The molecule has 1 N–H and O–H groups in total. The number of rotatable bonds is 3. The Morgan fingerprint density at radius 1 is 0.875 bits per heavy atom. The fraction of sp³-hybridized carbons (Fsp3) is 0.0714. The molecule has 1 atom stereocenters. The molecule has 0 amide bonds. The number of phenolic OH excluding ortho intramolecular Hbond substituents is 1. The van der Waals surface area contributed by atoms with Gasteiger partial charge in [-0.2, -0.15) is 0 Å². The van der Waals surface area contributed by atoms with E-state index in [0.29, 0.717) is 0 Å². The summed E-state index contributed by atoms with van der Waals surface area (Å²) < 4.78 is 0. The molecular formula is C14H11O2. The maximum atomic E-state index is 11.0. The van der Waals surface area contributed by atoms with Crippen molar-refractivity contribution in [1.29, 1.82) is 0 Å². The molecule has 0 aliphatic rings. The third kappa shape index (κ3) is 2.11. The second kappa shape index (κ2) is 4.62. The summed E-state index contributed by atoms with van der Waals surface area (Å²) in [7, 11) is 0. The van der Waals surface area contributed by atoms with Gasteiger partial charge >= 0.3 is 0 Å². The molecule has 0 fully saturated rings. The highest BCUT2D eigenvalue weighted by Gasteiger charge is 2.13. The van der Waals surface area contributed by atoms with Gasteiger partial charge in [0, 0.05) is 0 Å². The highest BCUT2D eigenvalue weighted by Crippen LogP contribution is 2.23. The average molecular weight is 211 g/mol. The van der Waals surface area contributed by atoms with E-state index in [9.17, 15) is 9.90 Å². The SMILES string of the molecule is O=[C]C(c1ccccc1)c1ccc(O)cc1. The predicted octanol–water partition coefficient (Wildman–Crippen LogP) is 2.63. The van der Waals surface area contributed by atoms with Gasteiger partial charge in [0.05, 0.1) is 5.92 Å². The first-order valence-electron chi connectivity index (χ1n) is 5.03. The zero-order valence-electron chi connectivity index (χ0n) is 8.63. The summed E-state index contributed by atoms with van der Waals surface area (Å²) in [6, 6.07) is 16.1. The molecule has 0 heterocycles. The molecule has 0 bridgehead atoms. The maximum absolute atomic E-state index is 11.0. The van der Waals surface area contributed by atoms with Gasteiger partial charge in [-0.25, -0.2) is 0 Å². The molecule has 0 aliphatic heterocycles. The molecule has 0 saturated carbocycles. The van der Waals surface area contributed by atoms with Crippen molar-refractivity contribution in [3.05, 3.63) is 65.7 Å².